The second kappa shape index (κ2) is 2.57. The topological polar surface area (TPSA) is 82.0 Å². The molecule has 1 amide bonds. The molecule has 0 atom stereocenters. The number of carbonyl (C=O) groups excluding carboxylic acids is 1. The zero-order chi connectivity index (χ0) is 8.43. The van der Waals surface area contributed by atoms with Crippen LogP contribution in [-0.2, 0) is 0 Å². The number of aromatic nitrogens is 1. The van der Waals surface area contributed by atoms with E-state index in [0.717, 1.165) is 0 Å². The van der Waals surface area contributed by atoms with Crippen LogP contribution in [0.1, 0.15) is 16.1 Å². The number of pyridine rings is 1. The van der Waals surface area contributed by atoms with Gasteiger partial charge >= 0.3 is 0 Å². The lowest BCUT2D eigenvalue weighted by Crippen LogP contribution is -2.12. The molecule has 58 valence electrons. The number of primary amides is 1. The van der Waals surface area contributed by atoms with Crippen LogP contribution in [0.3, 0.4) is 0 Å². The quantitative estimate of drug-likeness (QED) is 0.595. The summed E-state index contributed by atoms with van der Waals surface area (Å²) in [6.07, 6.45) is 0. The first kappa shape index (κ1) is 7.53. The van der Waals surface area contributed by atoms with E-state index in [-0.39, 0.29) is 0 Å². The van der Waals surface area contributed by atoms with E-state index < -0.39 is 5.91 Å². The van der Waals surface area contributed by atoms with Crippen molar-refractivity contribution in [2.24, 2.45) is 5.73 Å². The third-order valence-corrected chi connectivity index (χ3v) is 1.26. The lowest BCUT2D eigenvalue weighted by molar-refractivity contribution is 0.1000. The molecule has 0 bridgehead atoms. The van der Waals surface area contributed by atoms with E-state index in [1.807, 2.05) is 0 Å². The first-order valence-electron chi connectivity index (χ1n) is 3.13. The van der Waals surface area contributed by atoms with Crippen LogP contribution in [0.5, 0.6) is 0 Å². The summed E-state index contributed by atoms with van der Waals surface area (Å²) < 4.78 is 0. The normalized spacial score (nSPS) is 9.55. The largest absolute Gasteiger partial charge is 0.384 e. The van der Waals surface area contributed by atoms with Crippen LogP contribution >= 0.6 is 0 Å². The maximum Gasteiger partial charge on any atom is 0.248 e. The summed E-state index contributed by atoms with van der Waals surface area (Å²) in [7, 11) is 0. The molecule has 11 heavy (non-hydrogen) atoms. The summed E-state index contributed by atoms with van der Waals surface area (Å²) in [4.78, 5) is 14.5. The van der Waals surface area contributed by atoms with Gasteiger partial charge in [-0.3, -0.25) is 4.79 Å². The Labute approximate surface area is 64.2 Å². The van der Waals surface area contributed by atoms with Crippen LogP contribution in [0.15, 0.2) is 12.1 Å². The molecular formula is C7H9N3O. The van der Waals surface area contributed by atoms with E-state index in [9.17, 15) is 4.79 Å². The highest BCUT2D eigenvalue weighted by Gasteiger charge is 2.01. The Bertz CT molecular complexity index is 275. The van der Waals surface area contributed by atoms with Gasteiger partial charge < -0.3 is 11.5 Å². The number of nitrogens with two attached hydrogens (primary N) is 2. The highest BCUT2D eigenvalue weighted by atomic mass is 16.1. The van der Waals surface area contributed by atoms with Gasteiger partial charge in [0.05, 0.1) is 0 Å². The predicted molar refractivity (Wildman–Crippen MR) is 41.9 cm³/mol. The summed E-state index contributed by atoms with van der Waals surface area (Å²) in [5, 5.41) is 0. The molecule has 1 aromatic heterocycles. The minimum atomic E-state index is -0.484. The van der Waals surface area contributed by atoms with Gasteiger partial charge in [-0.15, -0.1) is 0 Å². The maximum atomic E-state index is 10.6. The standard InChI is InChI=1S/C7H9N3O/c1-4-2-5(7(9)11)3-6(8)10-4/h2-3H,1H3,(H2,8,10)(H2,9,11). The molecule has 0 unspecified atom stereocenters. The number of carbonyl (C=O) groups is 1. The smallest absolute Gasteiger partial charge is 0.248 e. The predicted octanol–water partition coefficient (Wildman–Crippen LogP) is 0.0711. The number of hydrogen-bond acceptors (Lipinski definition) is 3. The summed E-state index contributed by atoms with van der Waals surface area (Å²) in [5.74, 6) is -0.166. The lowest BCUT2D eigenvalue weighted by Gasteiger charge is -1.98. The number of nitrogen functional groups attached to an aromatic ring is 1. The Kier molecular flexibility index (Phi) is 1.76. The van der Waals surface area contributed by atoms with Crippen LogP contribution in [0.4, 0.5) is 5.82 Å². The van der Waals surface area contributed by atoms with Gasteiger partial charge in [0.25, 0.3) is 0 Å². The van der Waals surface area contributed by atoms with Crippen molar-refractivity contribution >= 4 is 11.7 Å². The first-order chi connectivity index (χ1) is 5.09. The molecule has 1 rings (SSSR count). The monoisotopic (exact) mass is 151 g/mol. The third-order valence-electron chi connectivity index (χ3n) is 1.26. The minimum absolute atomic E-state index is 0.318. The fraction of sp³-hybridized carbons (Fsp3) is 0.143. The molecule has 0 aromatic carbocycles. The molecule has 1 aromatic rings. The number of nitrogens with zero attached hydrogens (tertiary/aromatic N) is 1. The molecule has 1 heterocycles. The molecular weight excluding hydrogens is 142 g/mol. The second-order valence-electron chi connectivity index (χ2n) is 2.29. The van der Waals surface area contributed by atoms with Crippen molar-refractivity contribution in [1.29, 1.82) is 0 Å². The van der Waals surface area contributed by atoms with E-state index in [0.29, 0.717) is 17.1 Å². The van der Waals surface area contributed by atoms with Gasteiger partial charge in [-0.25, -0.2) is 4.98 Å². The van der Waals surface area contributed by atoms with Gasteiger partial charge in [0.2, 0.25) is 5.91 Å². The molecule has 0 aliphatic carbocycles. The lowest BCUT2D eigenvalue weighted by atomic mass is 10.2. The van der Waals surface area contributed by atoms with Gasteiger partial charge in [-0.1, -0.05) is 0 Å². The molecule has 4 heteroatoms. The van der Waals surface area contributed by atoms with Crippen molar-refractivity contribution < 1.29 is 4.79 Å². The van der Waals surface area contributed by atoms with Gasteiger partial charge in [-0.2, -0.15) is 0 Å². The Morgan fingerprint density at radius 3 is 2.64 bits per heavy atom. The van der Waals surface area contributed by atoms with Crippen molar-refractivity contribution in [2.75, 3.05) is 5.73 Å². The van der Waals surface area contributed by atoms with Crippen LogP contribution in [-0.4, -0.2) is 10.9 Å². The van der Waals surface area contributed by atoms with Gasteiger partial charge in [0.1, 0.15) is 5.82 Å². The summed E-state index contributed by atoms with van der Waals surface area (Å²) in [6, 6.07) is 3.05. The Morgan fingerprint density at radius 1 is 1.55 bits per heavy atom. The molecule has 0 spiro atoms. The molecule has 0 saturated heterocycles. The summed E-state index contributed by atoms with van der Waals surface area (Å²) in [5.41, 5.74) is 11.5. The Balaban J connectivity index is 3.19. The number of rotatable bonds is 1. The van der Waals surface area contributed by atoms with Crippen LogP contribution in [0.25, 0.3) is 0 Å². The van der Waals surface area contributed by atoms with E-state index in [1.54, 1.807) is 13.0 Å². The fourth-order valence-corrected chi connectivity index (χ4v) is 0.836. The molecule has 4 N–H and O–H groups in total. The Morgan fingerprint density at radius 2 is 2.18 bits per heavy atom. The Hall–Kier alpha value is -1.58. The third kappa shape index (κ3) is 1.67. The highest BCUT2D eigenvalue weighted by Crippen LogP contribution is 2.05. The SMILES string of the molecule is Cc1cc(C(N)=O)cc(N)n1. The highest BCUT2D eigenvalue weighted by molar-refractivity contribution is 5.93. The molecule has 0 radical (unpaired) electrons. The molecule has 0 aliphatic heterocycles. The number of anilines is 1. The van der Waals surface area contributed by atoms with Crippen LogP contribution in [0.2, 0.25) is 0 Å². The zero-order valence-corrected chi connectivity index (χ0v) is 6.16. The maximum absolute atomic E-state index is 10.6. The van der Waals surface area contributed by atoms with Gasteiger partial charge in [-0.05, 0) is 19.1 Å². The number of amides is 1. The average Bonchev–Trinajstić information content (AvgIpc) is 1.85. The van der Waals surface area contributed by atoms with Crippen molar-refractivity contribution in [2.45, 2.75) is 6.92 Å². The minimum Gasteiger partial charge on any atom is -0.384 e. The van der Waals surface area contributed by atoms with E-state index in [2.05, 4.69) is 4.98 Å². The van der Waals surface area contributed by atoms with E-state index in [1.165, 1.54) is 6.07 Å². The van der Waals surface area contributed by atoms with Crippen molar-refractivity contribution in [1.82, 2.24) is 4.98 Å². The number of aryl methyl sites for hydroxylation is 1. The van der Waals surface area contributed by atoms with Gasteiger partial charge in [0, 0.05) is 11.3 Å². The van der Waals surface area contributed by atoms with E-state index in [4.69, 9.17) is 11.5 Å². The van der Waals surface area contributed by atoms with E-state index >= 15 is 0 Å². The average molecular weight is 151 g/mol. The van der Waals surface area contributed by atoms with Crippen molar-refractivity contribution in [3.63, 3.8) is 0 Å². The van der Waals surface area contributed by atoms with Crippen LogP contribution < -0.4 is 11.5 Å². The second-order valence-corrected chi connectivity index (χ2v) is 2.29. The van der Waals surface area contributed by atoms with Crippen molar-refractivity contribution in [3.8, 4) is 0 Å². The van der Waals surface area contributed by atoms with Crippen LogP contribution in [0, 0.1) is 6.92 Å². The van der Waals surface area contributed by atoms with Gasteiger partial charge in [0.15, 0.2) is 0 Å². The molecule has 0 saturated carbocycles. The molecule has 0 aliphatic rings. The first-order valence-corrected chi connectivity index (χ1v) is 3.13. The number of hydrogen-bond donors (Lipinski definition) is 2. The zero-order valence-electron chi connectivity index (χ0n) is 6.16. The molecule has 0 fully saturated rings. The fourth-order valence-electron chi connectivity index (χ4n) is 0.836. The molecule has 4 nitrogen and oxygen atoms in total. The van der Waals surface area contributed by atoms with Crippen molar-refractivity contribution in [3.05, 3.63) is 23.4 Å². The summed E-state index contributed by atoms with van der Waals surface area (Å²) >= 11 is 0. The summed E-state index contributed by atoms with van der Waals surface area (Å²) in [6.45, 7) is 1.75.